The molecule has 0 bridgehead atoms. The Bertz CT molecular complexity index is 509. The van der Waals surface area contributed by atoms with Crippen molar-refractivity contribution in [3.8, 4) is 0 Å². The standard InChI is InChI=1S/C15H20N2O2/c1-10(2)16-9-15(19)13-4-5-14-12(8-13)6-7-17(14)11(3)18/h4-5,8,10,16H,6-7,9H2,1-3H3. The number of hydrogen-bond donors (Lipinski definition) is 1. The van der Waals surface area contributed by atoms with Gasteiger partial charge < -0.3 is 10.2 Å². The van der Waals surface area contributed by atoms with E-state index in [1.165, 1.54) is 0 Å². The number of fused-ring (bicyclic) bond motifs is 1. The predicted octanol–water partition coefficient (Wildman–Crippen LogP) is 1.78. The number of amides is 1. The Morgan fingerprint density at radius 1 is 1.37 bits per heavy atom. The quantitative estimate of drug-likeness (QED) is 0.839. The van der Waals surface area contributed by atoms with Crippen LogP contribution in [0, 0.1) is 0 Å². The molecular formula is C15H20N2O2. The van der Waals surface area contributed by atoms with Crippen LogP contribution in [0.2, 0.25) is 0 Å². The smallest absolute Gasteiger partial charge is 0.223 e. The molecule has 0 saturated carbocycles. The molecule has 0 radical (unpaired) electrons. The molecule has 0 aliphatic carbocycles. The third-order valence-electron chi connectivity index (χ3n) is 3.35. The van der Waals surface area contributed by atoms with Gasteiger partial charge in [-0.05, 0) is 30.2 Å². The van der Waals surface area contributed by atoms with E-state index in [0.717, 1.165) is 23.2 Å². The minimum Gasteiger partial charge on any atom is -0.312 e. The maximum absolute atomic E-state index is 12.0. The molecule has 1 aliphatic heterocycles. The lowest BCUT2D eigenvalue weighted by Crippen LogP contribution is -2.29. The van der Waals surface area contributed by atoms with Gasteiger partial charge in [0.05, 0.1) is 6.54 Å². The van der Waals surface area contributed by atoms with E-state index in [0.29, 0.717) is 19.1 Å². The maximum atomic E-state index is 12.0. The van der Waals surface area contributed by atoms with Gasteiger partial charge in [-0.15, -0.1) is 0 Å². The fourth-order valence-electron chi connectivity index (χ4n) is 2.30. The summed E-state index contributed by atoms with van der Waals surface area (Å²) in [7, 11) is 0. The van der Waals surface area contributed by atoms with Crippen LogP contribution in [0.3, 0.4) is 0 Å². The van der Waals surface area contributed by atoms with E-state index in [9.17, 15) is 9.59 Å². The predicted molar refractivity (Wildman–Crippen MR) is 75.6 cm³/mol. The average Bonchev–Trinajstić information content (AvgIpc) is 2.78. The summed E-state index contributed by atoms with van der Waals surface area (Å²) in [5.41, 5.74) is 2.75. The summed E-state index contributed by atoms with van der Waals surface area (Å²) in [5.74, 6) is 0.150. The molecule has 1 heterocycles. The average molecular weight is 260 g/mol. The van der Waals surface area contributed by atoms with E-state index in [-0.39, 0.29) is 11.7 Å². The van der Waals surface area contributed by atoms with E-state index in [2.05, 4.69) is 5.32 Å². The van der Waals surface area contributed by atoms with Crippen LogP contribution in [0.5, 0.6) is 0 Å². The number of benzene rings is 1. The van der Waals surface area contributed by atoms with Crippen LogP contribution in [0.4, 0.5) is 5.69 Å². The number of nitrogens with zero attached hydrogens (tertiary/aromatic N) is 1. The number of carbonyl (C=O) groups excluding carboxylic acids is 2. The van der Waals surface area contributed by atoms with Gasteiger partial charge in [-0.3, -0.25) is 9.59 Å². The third-order valence-corrected chi connectivity index (χ3v) is 3.35. The molecule has 4 nitrogen and oxygen atoms in total. The number of carbonyl (C=O) groups is 2. The normalized spacial score (nSPS) is 13.8. The van der Waals surface area contributed by atoms with Gasteiger partial charge in [0.1, 0.15) is 0 Å². The summed E-state index contributed by atoms with van der Waals surface area (Å²) in [4.78, 5) is 25.2. The van der Waals surface area contributed by atoms with Crippen molar-refractivity contribution in [3.05, 3.63) is 29.3 Å². The van der Waals surface area contributed by atoms with E-state index in [4.69, 9.17) is 0 Å². The first-order valence-electron chi connectivity index (χ1n) is 6.66. The van der Waals surface area contributed by atoms with Crippen molar-refractivity contribution in [1.29, 1.82) is 0 Å². The van der Waals surface area contributed by atoms with Gasteiger partial charge >= 0.3 is 0 Å². The molecule has 1 amide bonds. The fraction of sp³-hybridized carbons (Fsp3) is 0.467. The Hall–Kier alpha value is -1.68. The van der Waals surface area contributed by atoms with Gasteiger partial charge in [0.2, 0.25) is 5.91 Å². The molecule has 1 aromatic carbocycles. The highest BCUT2D eigenvalue weighted by atomic mass is 16.2. The monoisotopic (exact) mass is 260 g/mol. The summed E-state index contributed by atoms with van der Waals surface area (Å²) in [6.45, 7) is 6.67. The lowest BCUT2D eigenvalue weighted by atomic mass is 10.0. The van der Waals surface area contributed by atoms with Gasteiger partial charge in [-0.2, -0.15) is 0 Å². The molecule has 0 atom stereocenters. The van der Waals surface area contributed by atoms with Crippen molar-refractivity contribution in [1.82, 2.24) is 5.32 Å². The highest BCUT2D eigenvalue weighted by Gasteiger charge is 2.22. The molecule has 0 aromatic heterocycles. The molecule has 19 heavy (non-hydrogen) atoms. The van der Waals surface area contributed by atoms with Crippen LogP contribution >= 0.6 is 0 Å². The zero-order valence-corrected chi connectivity index (χ0v) is 11.7. The number of rotatable bonds is 4. The van der Waals surface area contributed by atoms with Crippen LogP contribution in [-0.2, 0) is 11.2 Å². The van der Waals surface area contributed by atoms with E-state index >= 15 is 0 Å². The number of hydrogen-bond acceptors (Lipinski definition) is 3. The van der Waals surface area contributed by atoms with Gasteiger partial charge in [0, 0.05) is 30.8 Å². The van der Waals surface area contributed by atoms with Crippen molar-refractivity contribution in [2.45, 2.75) is 33.2 Å². The van der Waals surface area contributed by atoms with E-state index < -0.39 is 0 Å². The first kappa shape index (κ1) is 13.7. The number of nitrogens with one attached hydrogen (secondary N) is 1. The first-order chi connectivity index (χ1) is 8.99. The number of anilines is 1. The second-order valence-electron chi connectivity index (χ2n) is 5.22. The van der Waals surface area contributed by atoms with Crippen molar-refractivity contribution in [2.24, 2.45) is 0 Å². The first-order valence-corrected chi connectivity index (χ1v) is 6.66. The lowest BCUT2D eigenvalue weighted by Gasteiger charge is -2.14. The summed E-state index contributed by atoms with van der Waals surface area (Å²) in [5, 5.41) is 3.12. The molecule has 2 rings (SSSR count). The highest BCUT2D eigenvalue weighted by Crippen LogP contribution is 2.28. The van der Waals surface area contributed by atoms with Crippen molar-refractivity contribution < 1.29 is 9.59 Å². The summed E-state index contributed by atoms with van der Waals surface area (Å²) in [6, 6.07) is 5.91. The van der Waals surface area contributed by atoms with Crippen LogP contribution in [0.1, 0.15) is 36.7 Å². The molecule has 0 unspecified atom stereocenters. The van der Waals surface area contributed by atoms with Crippen LogP contribution in [0.15, 0.2) is 18.2 Å². The third kappa shape index (κ3) is 3.01. The molecule has 0 fully saturated rings. The van der Waals surface area contributed by atoms with Gasteiger partial charge in [-0.1, -0.05) is 13.8 Å². The van der Waals surface area contributed by atoms with Crippen LogP contribution < -0.4 is 10.2 Å². The minimum absolute atomic E-state index is 0.0549. The Kier molecular flexibility index (Phi) is 4.00. The molecule has 1 aromatic rings. The van der Waals surface area contributed by atoms with Crippen molar-refractivity contribution in [3.63, 3.8) is 0 Å². The SMILES string of the molecule is CC(=O)N1CCc2cc(C(=O)CNC(C)C)ccc21. The van der Waals surface area contributed by atoms with Gasteiger partial charge in [-0.25, -0.2) is 0 Å². The maximum Gasteiger partial charge on any atom is 0.223 e. The second-order valence-corrected chi connectivity index (χ2v) is 5.22. The molecule has 102 valence electrons. The van der Waals surface area contributed by atoms with Crippen LogP contribution in [-0.4, -0.2) is 30.8 Å². The van der Waals surface area contributed by atoms with Gasteiger partial charge in [0.25, 0.3) is 0 Å². The van der Waals surface area contributed by atoms with E-state index in [1.54, 1.807) is 11.8 Å². The fourth-order valence-corrected chi connectivity index (χ4v) is 2.30. The Labute approximate surface area is 113 Å². The second kappa shape index (κ2) is 5.53. The van der Waals surface area contributed by atoms with E-state index in [1.807, 2.05) is 32.0 Å². The van der Waals surface area contributed by atoms with Crippen molar-refractivity contribution in [2.75, 3.05) is 18.0 Å². The Morgan fingerprint density at radius 3 is 2.74 bits per heavy atom. The van der Waals surface area contributed by atoms with Gasteiger partial charge in [0.15, 0.2) is 5.78 Å². The summed E-state index contributed by atoms with van der Waals surface area (Å²) < 4.78 is 0. The highest BCUT2D eigenvalue weighted by molar-refractivity contribution is 6.00. The molecule has 4 heteroatoms. The zero-order chi connectivity index (χ0) is 14.0. The molecule has 1 N–H and O–H groups in total. The molecule has 1 aliphatic rings. The number of ketones is 1. The molecule has 0 spiro atoms. The Balaban J connectivity index is 2.14. The minimum atomic E-state index is 0.0549. The van der Waals surface area contributed by atoms with Crippen molar-refractivity contribution >= 4 is 17.4 Å². The number of Topliss-reactive ketones (excluding diaryl/α,β-unsaturated/α-hetero) is 1. The lowest BCUT2D eigenvalue weighted by molar-refractivity contribution is -0.116. The largest absolute Gasteiger partial charge is 0.312 e. The topological polar surface area (TPSA) is 49.4 Å². The molecular weight excluding hydrogens is 240 g/mol. The Morgan fingerprint density at radius 2 is 2.11 bits per heavy atom. The summed E-state index contributed by atoms with van der Waals surface area (Å²) >= 11 is 0. The summed E-state index contributed by atoms with van der Waals surface area (Å²) in [6.07, 6.45) is 0.827. The zero-order valence-electron chi connectivity index (χ0n) is 11.7. The van der Waals surface area contributed by atoms with Crippen LogP contribution in [0.25, 0.3) is 0 Å². The molecule has 0 saturated heterocycles.